The first kappa shape index (κ1) is 17.8. The SMILES string of the molecule is c1ccc2c(c1)Cc1ccc3c(c1-2)Cc1c-3ccc2c1c1cccnc1n1c3cnccc3nc21. The molecular formula is C31H18N4. The van der Waals surface area contributed by atoms with E-state index in [1.54, 1.807) is 6.20 Å². The van der Waals surface area contributed by atoms with Gasteiger partial charge in [-0.15, -0.1) is 0 Å². The van der Waals surface area contributed by atoms with Gasteiger partial charge < -0.3 is 0 Å². The lowest BCUT2D eigenvalue weighted by Crippen LogP contribution is -1.96. The first-order chi connectivity index (χ1) is 17.4. The third kappa shape index (κ3) is 2.11. The summed E-state index contributed by atoms with van der Waals surface area (Å²) >= 11 is 0. The highest BCUT2D eigenvalue weighted by Crippen LogP contribution is 2.50. The summed E-state index contributed by atoms with van der Waals surface area (Å²) in [6.07, 6.45) is 7.52. The summed E-state index contributed by atoms with van der Waals surface area (Å²) < 4.78 is 2.17. The Morgan fingerprint density at radius 2 is 1.54 bits per heavy atom. The Bertz CT molecular complexity index is 2070. The van der Waals surface area contributed by atoms with Crippen LogP contribution in [0.15, 0.2) is 85.3 Å². The van der Waals surface area contributed by atoms with Gasteiger partial charge in [0.1, 0.15) is 11.3 Å². The molecule has 7 aromatic rings. The van der Waals surface area contributed by atoms with Crippen LogP contribution >= 0.6 is 0 Å². The van der Waals surface area contributed by atoms with Gasteiger partial charge in [0.05, 0.1) is 17.2 Å². The number of rotatable bonds is 0. The minimum absolute atomic E-state index is 0.932. The molecule has 35 heavy (non-hydrogen) atoms. The Balaban J connectivity index is 1.42. The molecule has 0 radical (unpaired) electrons. The fourth-order valence-corrected chi connectivity index (χ4v) is 6.58. The van der Waals surface area contributed by atoms with Crippen molar-refractivity contribution in [1.29, 1.82) is 0 Å². The third-order valence-corrected chi connectivity index (χ3v) is 7.99. The lowest BCUT2D eigenvalue weighted by Gasteiger charge is -2.12. The van der Waals surface area contributed by atoms with E-state index in [0.717, 1.165) is 35.2 Å². The van der Waals surface area contributed by atoms with Crippen LogP contribution in [0.25, 0.3) is 60.7 Å². The third-order valence-electron chi connectivity index (χ3n) is 7.99. The summed E-state index contributed by atoms with van der Waals surface area (Å²) in [5.74, 6) is 0. The molecule has 3 aromatic carbocycles. The maximum absolute atomic E-state index is 5.04. The average molecular weight is 447 g/mol. The minimum Gasteiger partial charge on any atom is -0.274 e. The largest absolute Gasteiger partial charge is 0.274 e. The zero-order valence-electron chi connectivity index (χ0n) is 18.8. The molecular weight excluding hydrogens is 428 g/mol. The summed E-state index contributed by atoms with van der Waals surface area (Å²) in [5, 5.41) is 3.61. The van der Waals surface area contributed by atoms with E-state index in [1.165, 1.54) is 60.7 Å². The molecule has 4 heteroatoms. The molecule has 0 unspecified atom stereocenters. The van der Waals surface area contributed by atoms with Crippen molar-refractivity contribution in [2.24, 2.45) is 0 Å². The molecule has 0 aliphatic heterocycles. The second-order valence-electron chi connectivity index (χ2n) is 9.66. The van der Waals surface area contributed by atoms with E-state index in [4.69, 9.17) is 9.97 Å². The molecule has 0 bridgehead atoms. The van der Waals surface area contributed by atoms with Crippen LogP contribution in [0.1, 0.15) is 22.3 Å². The molecule has 0 spiro atoms. The molecule has 0 saturated heterocycles. The highest BCUT2D eigenvalue weighted by atomic mass is 15.1. The topological polar surface area (TPSA) is 43.1 Å². The van der Waals surface area contributed by atoms with Gasteiger partial charge in [-0.1, -0.05) is 42.5 Å². The van der Waals surface area contributed by atoms with Crippen LogP contribution in [-0.2, 0) is 12.8 Å². The van der Waals surface area contributed by atoms with Crippen LogP contribution in [0.4, 0.5) is 0 Å². The molecule has 4 nitrogen and oxygen atoms in total. The first-order valence-electron chi connectivity index (χ1n) is 12.0. The number of aromatic nitrogens is 4. The predicted octanol–water partition coefficient (Wildman–Crippen LogP) is 6.73. The van der Waals surface area contributed by atoms with Gasteiger partial charge in [0, 0.05) is 28.6 Å². The van der Waals surface area contributed by atoms with Crippen molar-refractivity contribution in [3.63, 3.8) is 0 Å². The van der Waals surface area contributed by atoms with Crippen molar-refractivity contribution >= 4 is 38.5 Å². The van der Waals surface area contributed by atoms with Gasteiger partial charge in [-0.2, -0.15) is 0 Å². The number of benzene rings is 3. The summed E-state index contributed by atoms with van der Waals surface area (Å²) in [6, 6.07) is 24.3. The van der Waals surface area contributed by atoms with Gasteiger partial charge in [0.2, 0.25) is 0 Å². The lowest BCUT2D eigenvalue weighted by atomic mass is 9.95. The minimum atomic E-state index is 0.932. The van der Waals surface area contributed by atoms with Gasteiger partial charge in [0.25, 0.3) is 0 Å². The van der Waals surface area contributed by atoms with Crippen molar-refractivity contribution in [3.8, 4) is 22.3 Å². The maximum Gasteiger partial charge on any atom is 0.147 e. The molecule has 2 aliphatic rings. The zero-order chi connectivity index (χ0) is 22.7. The molecule has 9 rings (SSSR count). The Morgan fingerprint density at radius 1 is 0.657 bits per heavy atom. The second-order valence-corrected chi connectivity index (χ2v) is 9.66. The van der Waals surface area contributed by atoms with Crippen LogP contribution < -0.4 is 0 Å². The average Bonchev–Trinajstić information content (AvgIpc) is 3.59. The number of imidazole rings is 1. The Morgan fingerprint density at radius 3 is 2.54 bits per heavy atom. The van der Waals surface area contributed by atoms with Gasteiger partial charge >= 0.3 is 0 Å². The maximum atomic E-state index is 5.04. The summed E-state index contributed by atoms with van der Waals surface area (Å²) in [5.41, 5.74) is 15.1. The van der Waals surface area contributed by atoms with E-state index in [9.17, 15) is 0 Å². The van der Waals surface area contributed by atoms with E-state index < -0.39 is 0 Å². The van der Waals surface area contributed by atoms with Gasteiger partial charge in [-0.25, -0.2) is 9.97 Å². The van der Waals surface area contributed by atoms with Crippen molar-refractivity contribution in [1.82, 2.24) is 19.4 Å². The number of hydrogen-bond acceptors (Lipinski definition) is 3. The Labute approximate surface area is 200 Å². The molecule has 0 amide bonds. The number of hydrogen-bond donors (Lipinski definition) is 0. The van der Waals surface area contributed by atoms with Crippen molar-refractivity contribution in [2.75, 3.05) is 0 Å². The standard InChI is InChI=1S/C31H18N4/c1-2-5-19-17(4-1)14-18-7-8-20-21-9-10-23-29(25(21)15-24(20)28(18)19)22-6-3-12-33-30(22)35-27-16-32-13-11-26(27)34-31(23)35/h1-13,16H,14-15H2. The lowest BCUT2D eigenvalue weighted by molar-refractivity contribution is 1.22. The molecule has 0 fully saturated rings. The van der Waals surface area contributed by atoms with Crippen LogP contribution in [0.3, 0.4) is 0 Å². The Hall–Kier alpha value is -4.57. The quantitative estimate of drug-likeness (QED) is 0.243. The van der Waals surface area contributed by atoms with Crippen molar-refractivity contribution < 1.29 is 0 Å². The van der Waals surface area contributed by atoms with Crippen molar-refractivity contribution in [2.45, 2.75) is 12.8 Å². The van der Waals surface area contributed by atoms with E-state index in [2.05, 4.69) is 64.0 Å². The summed E-state index contributed by atoms with van der Waals surface area (Å²) in [4.78, 5) is 14.2. The van der Waals surface area contributed by atoms with Gasteiger partial charge in [-0.3, -0.25) is 9.38 Å². The molecule has 162 valence electrons. The summed E-state index contributed by atoms with van der Waals surface area (Å²) in [7, 11) is 0. The number of fused-ring (bicyclic) bond motifs is 16. The van der Waals surface area contributed by atoms with Crippen LogP contribution in [0, 0.1) is 0 Å². The zero-order valence-corrected chi connectivity index (χ0v) is 18.8. The van der Waals surface area contributed by atoms with E-state index >= 15 is 0 Å². The molecule has 4 heterocycles. The van der Waals surface area contributed by atoms with Crippen LogP contribution in [-0.4, -0.2) is 19.4 Å². The first-order valence-corrected chi connectivity index (χ1v) is 12.0. The predicted molar refractivity (Wildman–Crippen MR) is 140 cm³/mol. The smallest absolute Gasteiger partial charge is 0.147 e. The van der Waals surface area contributed by atoms with E-state index in [-0.39, 0.29) is 0 Å². The molecule has 2 aliphatic carbocycles. The van der Waals surface area contributed by atoms with Crippen LogP contribution in [0.2, 0.25) is 0 Å². The van der Waals surface area contributed by atoms with Gasteiger partial charge in [0.15, 0.2) is 0 Å². The Kier molecular flexibility index (Phi) is 3.11. The number of nitrogens with zero attached hydrogens (tertiary/aromatic N) is 4. The van der Waals surface area contributed by atoms with Crippen molar-refractivity contribution in [3.05, 3.63) is 108 Å². The second kappa shape index (κ2) is 6.10. The van der Waals surface area contributed by atoms with E-state index in [0.29, 0.717) is 0 Å². The van der Waals surface area contributed by atoms with Crippen LogP contribution in [0.5, 0.6) is 0 Å². The molecule has 0 N–H and O–H groups in total. The van der Waals surface area contributed by atoms with Gasteiger partial charge in [-0.05, 0) is 81.6 Å². The molecule has 0 atom stereocenters. The number of pyridine rings is 3. The summed E-state index contributed by atoms with van der Waals surface area (Å²) in [6.45, 7) is 0. The molecule has 4 aromatic heterocycles. The normalized spacial score (nSPS) is 13.5. The van der Waals surface area contributed by atoms with E-state index in [1.807, 2.05) is 24.5 Å². The monoisotopic (exact) mass is 446 g/mol. The molecule has 0 saturated carbocycles. The fourth-order valence-electron chi connectivity index (χ4n) is 6.58. The highest BCUT2D eigenvalue weighted by molar-refractivity contribution is 6.16. The fraction of sp³-hybridized carbons (Fsp3) is 0.0645. The highest BCUT2D eigenvalue weighted by Gasteiger charge is 2.30.